The Kier molecular flexibility index (Phi) is 3.17. The molecule has 1 aromatic rings. The lowest BCUT2D eigenvalue weighted by atomic mass is 9.85. The Morgan fingerprint density at radius 2 is 2.21 bits per heavy atom. The molecular weight excluding hydrogens is 236 g/mol. The summed E-state index contributed by atoms with van der Waals surface area (Å²) in [4.78, 5) is 6.98. The van der Waals surface area contributed by atoms with Gasteiger partial charge in [-0.05, 0) is 49.7 Å². The lowest BCUT2D eigenvalue weighted by Gasteiger charge is -2.31. The number of fused-ring (bicyclic) bond motifs is 1. The zero-order valence-electron chi connectivity index (χ0n) is 11.6. The average Bonchev–Trinajstić information content (AvgIpc) is 2.78. The maximum Gasteiger partial charge on any atom is 0.139 e. The van der Waals surface area contributed by atoms with Gasteiger partial charge >= 0.3 is 0 Å². The van der Waals surface area contributed by atoms with E-state index < -0.39 is 0 Å². The van der Waals surface area contributed by atoms with E-state index in [-0.39, 0.29) is 5.84 Å². The van der Waals surface area contributed by atoms with Crippen molar-refractivity contribution in [2.24, 2.45) is 11.7 Å². The number of hydrogen-bond acceptors (Lipinski definition) is 3. The van der Waals surface area contributed by atoms with Gasteiger partial charge in [0.1, 0.15) is 11.7 Å². The summed E-state index contributed by atoms with van der Waals surface area (Å²) < 4.78 is 0. The van der Waals surface area contributed by atoms with Gasteiger partial charge in [-0.25, -0.2) is 4.98 Å². The van der Waals surface area contributed by atoms with Crippen LogP contribution in [0.4, 0.5) is 5.82 Å². The van der Waals surface area contributed by atoms with Crippen LogP contribution in [0.5, 0.6) is 0 Å². The van der Waals surface area contributed by atoms with Gasteiger partial charge in [0, 0.05) is 19.3 Å². The van der Waals surface area contributed by atoms with E-state index >= 15 is 0 Å². The Balaban J connectivity index is 1.91. The molecule has 1 heterocycles. The highest BCUT2D eigenvalue weighted by molar-refractivity contribution is 5.99. The van der Waals surface area contributed by atoms with Crippen LogP contribution in [0.15, 0.2) is 6.07 Å². The van der Waals surface area contributed by atoms with E-state index in [0.29, 0.717) is 0 Å². The summed E-state index contributed by atoms with van der Waals surface area (Å²) in [6.45, 7) is 1.03. The van der Waals surface area contributed by atoms with E-state index in [1.807, 2.05) is 0 Å². The second-order valence-electron chi connectivity index (χ2n) is 5.91. The van der Waals surface area contributed by atoms with Crippen molar-refractivity contribution in [1.29, 1.82) is 5.41 Å². The predicted octanol–water partition coefficient (Wildman–Crippen LogP) is 2.09. The zero-order chi connectivity index (χ0) is 13.4. The first-order valence-corrected chi connectivity index (χ1v) is 7.23. The average molecular weight is 258 g/mol. The van der Waals surface area contributed by atoms with E-state index in [9.17, 15) is 0 Å². The minimum atomic E-state index is 0.137. The summed E-state index contributed by atoms with van der Waals surface area (Å²) in [5.41, 5.74) is 9.04. The van der Waals surface area contributed by atoms with Crippen LogP contribution in [0.3, 0.4) is 0 Å². The molecule has 0 spiro atoms. The Hall–Kier alpha value is -1.58. The number of anilines is 1. The number of aromatic nitrogens is 1. The fourth-order valence-electron chi connectivity index (χ4n) is 3.10. The zero-order valence-corrected chi connectivity index (χ0v) is 11.6. The Morgan fingerprint density at radius 3 is 2.84 bits per heavy atom. The van der Waals surface area contributed by atoms with E-state index in [2.05, 4.69) is 18.0 Å². The Labute approximate surface area is 114 Å². The largest absolute Gasteiger partial charge is 0.384 e. The molecule has 1 aromatic heterocycles. The van der Waals surface area contributed by atoms with Gasteiger partial charge in [-0.15, -0.1) is 0 Å². The van der Waals surface area contributed by atoms with Gasteiger partial charge in [0.2, 0.25) is 0 Å². The van der Waals surface area contributed by atoms with Crippen LogP contribution in [0, 0.1) is 11.3 Å². The molecule has 4 heteroatoms. The van der Waals surface area contributed by atoms with Gasteiger partial charge < -0.3 is 10.6 Å². The molecule has 3 rings (SSSR count). The standard InChI is InChI=1S/C15H22N4/c1-19(9-10-4-2-5-10)15-12(14(16)17)8-11-6-3-7-13(11)18-15/h8,10H,2-7,9H2,1H3,(H3,16,17). The smallest absolute Gasteiger partial charge is 0.139 e. The molecule has 2 aliphatic rings. The second-order valence-corrected chi connectivity index (χ2v) is 5.91. The van der Waals surface area contributed by atoms with Gasteiger partial charge in [-0.2, -0.15) is 0 Å². The summed E-state index contributed by atoms with van der Waals surface area (Å²) in [7, 11) is 2.08. The van der Waals surface area contributed by atoms with Gasteiger partial charge in [0.25, 0.3) is 0 Å². The minimum absolute atomic E-state index is 0.137. The fraction of sp³-hybridized carbons (Fsp3) is 0.600. The molecule has 0 saturated heterocycles. The molecule has 102 valence electrons. The van der Waals surface area contributed by atoms with Gasteiger partial charge in [0.05, 0.1) is 5.56 Å². The van der Waals surface area contributed by atoms with Crippen molar-refractivity contribution >= 4 is 11.7 Å². The molecule has 0 bridgehead atoms. The first kappa shape index (κ1) is 12.5. The van der Waals surface area contributed by atoms with Crippen molar-refractivity contribution in [1.82, 2.24) is 4.98 Å². The molecule has 19 heavy (non-hydrogen) atoms. The van der Waals surface area contributed by atoms with Crippen molar-refractivity contribution in [3.63, 3.8) is 0 Å². The van der Waals surface area contributed by atoms with Crippen LogP contribution in [0.2, 0.25) is 0 Å². The lowest BCUT2D eigenvalue weighted by Crippen LogP contribution is -2.32. The molecule has 0 unspecified atom stereocenters. The number of pyridine rings is 1. The maximum absolute atomic E-state index is 7.78. The summed E-state index contributed by atoms with van der Waals surface area (Å²) in [5, 5.41) is 7.78. The summed E-state index contributed by atoms with van der Waals surface area (Å²) in [5.74, 6) is 1.83. The minimum Gasteiger partial charge on any atom is -0.384 e. The molecule has 0 aliphatic heterocycles. The summed E-state index contributed by atoms with van der Waals surface area (Å²) in [6, 6.07) is 2.09. The summed E-state index contributed by atoms with van der Waals surface area (Å²) >= 11 is 0. The molecule has 0 radical (unpaired) electrons. The molecule has 4 nitrogen and oxygen atoms in total. The van der Waals surface area contributed by atoms with E-state index in [1.54, 1.807) is 0 Å². The number of nitrogens with zero attached hydrogens (tertiary/aromatic N) is 2. The third kappa shape index (κ3) is 2.31. The quantitative estimate of drug-likeness (QED) is 0.642. The number of amidine groups is 1. The molecule has 2 aliphatic carbocycles. The first-order chi connectivity index (χ1) is 9.15. The Bertz CT molecular complexity index is 505. The van der Waals surface area contributed by atoms with Crippen molar-refractivity contribution in [3.05, 3.63) is 22.9 Å². The number of aryl methyl sites for hydroxylation is 2. The number of rotatable bonds is 4. The molecule has 3 N–H and O–H groups in total. The number of hydrogen-bond donors (Lipinski definition) is 2. The van der Waals surface area contributed by atoms with Crippen LogP contribution in [-0.4, -0.2) is 24.4 Å². The van der Waals surface area contributed by atoms with Gasteiger partial charge in [0.15, 0.2) is 0 Å². The SMILES string of the molecule is CN(CC1CCC1)c1nc2c(cc1C(=N)N)CCC2. The van der Waals surface area contributed by atoms with Crippen molar-refractivity contribution in [3.8, 4) is 0 Å². The molecule has 0 amide bonds. The predicted molar refractivity (Wildman–Crippen MR) is 77.9 cm³/mol. The molecular formula is C15H22N4. The first-order valence-electron chi connectivity index (χ1n) is 7.23. The van der Waals surface area contributed by atoms with Crippen LogP contribution >= 0.6 is 0 Å². The highest BCUT2D eigenvalue weighted by atomic mass is 15.2. The highest BCUT2D eigenvalue weighted by Crippen LogP contribution is 2.31. The van der Waals surface area contributed by atoms with E-state index in [1.165, 1.54) is 36.9 Å². The molecule has 0 aromatic carbocycles. The third-order valence-electron chi connectivity index (χ3n) is 4.44. The monoisotopic (exact) mass is 258 g/mol. The summed E-state index contributed by atoms with van der Waals surface area (Å²) in [6.07, 6.45) is 7.33. The van der Waals surface area contributed by atoms with E-state index in [0.717, 1.165) is 36.7 Å². The second kappa shape index (κ2) is 4.83. The van der Waals surface area contributed by atoms with Crippen molar-refractivity contribution in [2.45, 2.75) is 38.5 Å². The maximum atomic E-state index is 7.78. The van der Waals surface area contributed by atoms with Crippen LogP contribution in [0.1, 0.15) is 42.5 Å². The normalized spacial score (nSPS) is 17.9. The van der Waals surface area contributed by atoms with Crippen LogP contribution in [-0.2, 0) is 12.8 Å². The Morgan fingerprint density at radius 1 is 1.42 bits per heavy atom. The number of nitrogens with two attached hydrogens (primary N) is 1. The lowest BCUT2D eigenvalue weighted by molar-refractivity contribution is 0.321. The van der Waals surface area contributed by atoms with Crippen molar-refractivity contribution < 1.29 is 0 Å². The fourth-order valence-corrected chi connectivity index (χ4v) is 3.10. The van der Waals surface area contributed by atoms with E-state index in [4.69, 9.17) is 16.1 Å². The van der Waals surface area contributed by atoms with Gasteiger partial charge in [-0.1, -0.05) is 6.42 Å². The van der Waals surface area contributed by atoms with Crippen LogP contribution in [0.25, 0.3) is 0 Å². The molecule has 1 fully saturated rings. The number of nitrogen functional groups attached to an aromatic ring is 1. The number of nitrogens with one attached hydrogen (secondary N) is 1. The van der Waals surface area contributed by atoms with Crippen molar-refractivity contribution in [2.75, 3.05) is 18.5 Å². The highest BCUT2D eigenvalue weighted by Gasteiger charge is 2.23. The third-order valence-corrected chi connectivity index (χ3v) is 4.44. The molecule has 1 saturated carbocycles. The molecule has 0 atom stereocenters. The van der Waals surface area contributed by atoms with Gasteiger partial charge in [-0.3, -0.25) is 5.41 Å². The topological polar surface area (TPSA) is 66.0 Å². The van der Waals surface area contributed by atoms with Crippen LogP contribution < -0.4 is 10.6 Å².